The minimum atomic E-state index is 0.726. The van der Waals surface area contributed by atoms with Crippen molar-refractivity contribution in [3.63, 3.8) is 0 Å². The Bertz CT molecular complexity index is 408. The van der Waals surface area contributed by atoms with Gasteiger partial charge in [0.15, 0.2) is 0 Å². The number of hydrogen-bond donors (Lipinski definition) is 1. The third kappa shape index (κ3) is 0.959. The number of benzene rings is 1. The third-order valence-electron chi connectivity index (χ3n) is 1.85. The van der Waals surface area contributed by atoms with Crippen LogP contribution in [0.25, 0.3) is 10.9 Å². The van der Waals surface area contributed by atoms with Crippen molar-refractivity contribution in [2.24, 2.45) is 0 Å². The Morgan fingerprint density at radius 2 is 2.25 bits per heavy atom. The maximum atomic E-state index is 5.91. The number of H-pyrrole nitrogens is 1. The van der Waals surface area contributed by atoms with E-state index in [1.165, 1.54) is 0 Å². The molecule has 0 saturated heterocycles. The summed E-state index contributed by atoms with van der Waals surface area (Å²) in [6, 6.07) is 5.77. The first-order valence-corrected chi connectivity index (χ1v) is 4.00. The summed E-state index contributed by atoms with van der Waals surface area (Å²) >= 11 is 5.91. The number of rotatable bonds is 1. The van der Waals surface area contributed by atoms with Gasteiger partial charge in [-0.1, -0.05) is 23.7 Å². The Kier molecular flexibility index (Phi) is 1.70. The molecule has 0 saturated carbocycles. The normalized spacial score (nSPS) is 10.5. The lowest BCUT2D eigenvalue weighted by Gasteiger charge is -1.99. The smallest absolute Gasteiger partial charge is 0.142 e. The van der Waals surface area contributed by atoms with E-state index in [1.54, 1.807) is 13.3 Å². The van der Waals surface area contributed by atoms with Crippen LogP contribution in [0.4, 0.5) is 0 Å². The van der Waals surface area contributed by atoms with Crippen molar-refractivity contribution < 1.29 is 4.74 Å². The zero-order valence-electron chi connectivity index (χ0n) is 6.60. The van der Waals surface area contributed by atoms with Gasteiger partial charge in [0.1, 0.15) is 5.75 Å². The molecule has 1 aromatic carbocycles. The Hall–Kier alpha value is -1.15. The Morgan fingerprint density at radius 1 is 1.42 bits per heavy atom. The van der Waals surface area contributed by atoms with E-state index >= 15 is 0 Å². The quantitative estimate of drug-likeness (QED) is 0.719. The van der Waals surface area contributed by atoms with Gasteiger partial charge in [-0.3, -0.25) is 0 Å². The number of para-hydroxylation sites is 1. The highest BCUT2D eigenvalue weighted by Crippen LogP contribution is 2.29. The Labute approximate surface area is 75.1 Å². The van der Waals surface area contributed by atoms with Crippen molar-refractivity contribution in [3.8, 4) is 5.75 Å². The molecule has 0 radical (unpaired) electrons. The number of halogens is 1. The van der Waals surface area contributed by atoms with Gasteiger partial charge in [0.25, 0.3) is 0 Å². The predicted octanol–water partition coefficient (Wildman–Crippen LogP) is 2.83. The minimum Gasteiger partial charge on any atom is -0.495 e. The highest BCUT2D eigenvalue weighted by Gasteiger charge is 2.04. The molecule has 2 nitrogen and oxygen atoms in total. The average Bonchev–Trinajstić information content (AvgIpc) is 2.48. The second-order valence-corrected chi connectivity index (χ2v) is 2.93. The molecule has 0 unspecified atom stereocenters. The lowest BCUT2D eigenvalue weighted by atomic mass is 10.2. The van der Waals surface area contributed by atoms with Gasteiger partial charge in [0.05, 0.1) is 17.6 Å². The molecule has 0 amide bonds. The molecule has 3 heteroatoms. The molecule has 0 bridgehead atoms. The molecule has 1 N–H and O–H groups in total. The third-order valence-corrected chi connectivity index (χ3v) is 2.16. The van der Waals surface area contributed by atoms with Gasteiger partial charge in [-0.25, -0.2) is 0 Å². The van der Waals surface area contributed by atoms with Crippen LogP contribution in [-0.4, -0.2) is 12.1 Å². The number of aromatic nitrogens is 1. The van der Waals surface area contributed by atoms with Crippen molar-refractivity contribution in [1.29, 1.82) is 0 Å². The van der Waals surface area contributed by atoms with Crippen LogP contribution in [0.15, 0.2) is 24.4 Å². The number of hydrogen-bond acceptors (Lipinski definition) is 1. The van der Waals surface area contributed by atoms with Gasteiger partial charge in [-0.15, -0.1) is 0 Å². The highest BCUT2D eigenvalue weighted by molar-refractivity contribution is 6.35. The molecule has 12 heavy (non-hydrogen) atoms. The lowest BCUT2D eigenvalue weighted by molar-refractivity contribution is 0.419. The van der Waals surface area contributed by atoms with E-state index in [2.05, 4.69) is 4.98 Å². The summed E-state index contributed by atoms with van der Waals surface area (Å²) in [6.07, 6.45) is 1.76. The van der Waals surface area contributed by atoms with Crippen molar-refractivity contribution in [2.75, 3.05) is 7.11 Å². The summed E-state index contributed by atoms with van der Waals surface area (Å²) in [5, 5.41) is 1.72. The van der Waals surface area contributed by atoms with E-state index in [9.17, 15) is 0 Å². The number of fused-ring (bicyclic) bond motifs is 1. The molecule has 0 aliphatic heterocycles. The molecule has 1 aromatic heterocycles. The molecular weight excluding hydrogens is 174 g/mol. The van der Waals surface area contributed by atoms with E-state index in [-0.39, 0.29) is 0 Å². The first kappa shape index (κ1) is 7.50. The van der Waals surface area contributed by atoms with E-state index in [4.69, 9.17) is 16.3 Å². The summed E-state index contributed by atoms with van der Waals surface area (Å²) in [7, 11) is 1.64. The number of nitrogens with one attached hydrogen (secondary N) is 1. The van der Waals surface area contributed by atoms with Crippen LogP contribution in [0.3, 0.4) is 0 Å². The molecule has 0 aliphatic rings. The average molecular weight is 182 g/mol. The summed E-state index contributed by atoms with van der Waals surface area (Å²) in [5.74, 6) is 0.819. The van der Waals surface area contributed by atoms with Gasteiger partial charge in [-0.05, 0) is 6.07 Å². The standard InChI is InChI=1S/C9H8ClNO/c1-12-8-4-2-3-6-7(10)5-11-9(6)8/h2-5,11H,1H3. The zero-order valence-corrected chi connectivity index (χ0v) is 7.35. The molecule has 0 aliphatic carbocycles. The zero-order chi connectivity index (χ0) is 8.55. The van der Waals surface area contributed by atoms with E-state index in [1.807, 2.05) is 18.2 Å². The van der Waals surface area contributed by atoms with Gasteiger partial charge in [0.2, 0.25) is 0 Å². The fourth-order valence-corrected chi connectivity index (χ4v) is 1.47. The monoisotopic (exact) mass is 181 g/mol. The maximum Gasteiger partial charge on any atom is 0.142 e. The van der Waals surface area contributed by atoms with Crippen molar-refractivity contribution >= 4 is 22.5 Å². The second kappa shape index (κ2) is 2.72. The number of methoxy groups -OCH3 is 1. The van der Waals surface area contributed by atoms with Gasteiger partial charge in [-0.2, -0.15) is 0 Å². The topological polar surface area (TPSA) is 25.0 Å². The van der Waals surface area contributed by atoms with E-state index in [0.717, 1.165) is 21.7 Å². The van der Waals surface area contributed by atoms with E-state index in [0.29, 0.717) is 0 Å². The van der Waals surface area contributed by atoms with Gasteiger partial charge in [0, 0.05) is 11.6 Å². The lowest BCUT2D eigenvalue weighted by Crippen LogP contribution is -1.82. The summed E-state index contributed by atoms with van der Waals surface area (Å²) in [4.78, 5) is 3.05. The molecule has 2 aromatic rings. The van der Waals surface area contributed by atoms with Crippen LogP contribution in [0.5, 0.6) is 5.75 Å². The van der Waals surface area contributed by atoms with Crippen molar-refractivity contribution in [1.82, 2.24) is 4.98 Å². The van der Waals surface area contributed by atoms with Gasteiger partial charge < -0.3 is 9.72 Å². The van der Waals surface area contributed by atoms with Crippen molar-refractivity contribution in [3.05, 3.63) is 29.4 Å². The second-order valence-electron chi connectivity index (χ2n) is 2.52. The summed E-state index contributed by atoms with van der Waals surface area (Å²) in [6.45, 7) is 0. The molecule has 1 heterocycles. The summed E-state index contributed by atoms with van der Waals surface area (Å²) < 4.78 is 5.15. The minimum absolute atomic E-state index is 0.726. The van der Waals surface area contributed by atoms with Gasteiger partial charge >= 0.3 is 0 Å². The van der Waals surface area contributed by atoms with Crippen LogP contribution >= 0.6 is 11.6 Å². The first-order valence-electron chi connectivity index (χ1n) is 3.62. The predicted molar refractivity (Wildman–Crippen MR) is 49.9 cm³/mol. The van der Waals surface area contributed by atoms with E-state index < -0.39 is 0 Å². The van der Waals surface area contributed by atoms with Crippen LogP contribution in [0, 0.1) is 0 Å². The van der Waals surface area contributed by atoms with Crippen LogP contribution < -0.4 is 4.74 Å². The number of aromatic amines is 1. The summed E-state index contributed by atoms with van der Waals surface area (Å²) in [5.41, 5.74) is 0.949. The van der Waals surface area contributed by atoms with Crippen LogP contribution in [0.2, 0.25) is 5.02 Å². The largest absolute Gasteiger partial charge is 0.495 e. The Balaban J connectivity index is 2.81. The molecule has 62 valence electrons. The molecule has 0 atom stereocenters. The number of ether oxygens (including phenoxy) is 1. The van der Waals surface area contributed by atoms with Crippen molar-refractivity contribution in [2.45, 2.75) is 0 Å². The fraction of sp³-hybridized carbons (Fsp3) is 0.111. The molecule has 0 fully saturated rings. The Morgan fingerprint density at radius 3 is 3.00 bits per heavy atom. The maximum absolute atomic E-state index is 5.91. The molecule has 2 rings (SSSR count). The van der Waals surface area contributed by atoms with Crippen LogP contribution in [-0.2, 0) is 0 Å². The molecular formula is C9H8ClNO. The first-order chi connectivity index (χ1) is 5.83. The highest BCUT2D eigenvalue weighted by atomic mass is 35.5. The fourth-order valence-electron chi connectivity index (χ4n) is 1.26. The molecule has 0 spiro atoms. The van der Waals surface area contributed by atoms with Crippen LogP contribution in [0.1, 0.15) is 0 Å². The SMILES string of the molecule is COc1cccc2c(Cl)c[nH]c12.